The molecule has 9 heteroatoms. The van der Waals surface area contributed by atoms with Gasteiger partial charge in [0.15, 0.2) is 12.4 Å². The van der Waals surface area contributed by atoms with E-state index < -0.39 is 4.92 Å². The number of fused-ring (bicyclic) bond motifs is 1. The van der Waals surface area contributed by atoms with Crippen LogP contribution in [-0.2, 0) is 11.3 Å². The summed E-state index contributed by atoms with van der Waals surface area (Å²) in [4.78, 5) is 28.7. The second-order valence-corrected chi connectivity index (χ2v) is 7.03. The summed E-state index contributed by atoms with van der Waals surface area (Å²) in [6.45, 7) is 0.0219. The minimum atomic E-state index is -0.601. The monoisotopic (exact) mass is 391 g/mol. The van der Waals surface area contributed by atoms with E-state index in [-0.39, 0.29) is 29.0 Å². The van der Waals surface area contributed by atoms with Crippen LogP contribution in [0.4, 0.5) is 5.69 Å². The number of nitro benzene ring substituents is 1. The molecule has 1 heterocycles. The molecule has 1 aromatic heterocycles. The molecule has 2 aromatic carbocycles. The summed E-state index contributed by atoms with van der Waals surface area (Å²) in [6.07, 6.45) is 0. The van der Waals surface area contributed by atoms with Gasteiger partial charge in [0.25, 0.3) is 5.91 Å². The second kappa shape index (κ2) is 7.67. The number of halogens is 1. The van der Waals surface area contributed by atoms with Crippen molar-refractivity contribution in [1.29, 1.82) is 0 Å². The highest BCUT2D eigenvalue weighted by Crippen LogP contribution is 2.30. The zero-order chi connectivity index (χ0) is 18.7. The van der Waals surface area contributed by atoms with Gasteiger partial charge in [0.2, 0.25) is 0 Å². The molecule has 0 fully saturated rings. The number of thiazole rings is 1. The second-order valence-electron chi connectivity index (χ2n) is 5.48. The number of carbonyl (C=O) groups excluding carboxylic acids is 1. The van der Waals surface area contributed by atoms with Crippen molar-refractivity contribution in [2.24, 2.45) is 0 Å². The van der Waals surface area contributed by atoms with Gasteiger partial charge in [-0.15, -0.1) is 11.3 Å². The number of amides is 1. The molecule has 0 aliphatic carbocycles. The summed E-state index contributed by atoms with van der Waals surface area (Å²) in [6, 6.07) is 11.8. The Morgan fingerprint density at radius 3 is 2.85 bits per heavy atom. The summed E-state index contributed by atoms with van der Waals surface area (Å²) in [5.41, 5.74) is 0.612. The topological polar surface area (TPSA) is 85.6 Å². The first-order valence-electron chi connectivity index (χ1n) is 7.59. The lowest BCUT2D eigenvalue weighted by atomic mass is 10.3. The van der Waals surface area contributed by atoms with Gasteiger partial charge in [-0.05, 0) is 24.3 Å². The fraction of sp³-hybridized carbons (Fsp3) is 0.176. The highest BCUT2D eigenvalue weighted by molar-refractivity contribution is 7.18. The fourth-order valence-corrected chi connectivity index (χ4v) is 3.47. The Bertz CT molecular complexity index is 943. The van der Waals surface area contributed by atoms with E-state index in [0.717, 1.165) is 15.2 Å². The molecule has 3 aromatic rings. The Morgan fingerprint density at radius 2 is 2.12 bits per heavy atom. The summed E-state index contributed by atoms with van der Waals surface area (Å²) in [7, 11) is 1.63. The normalized spacial score (nSPS) is 10.7. The van der Waals surface area contributed by atoms with Crippen molar-refractivity contribution in [3.63, 3.8) is 0 Å². The smallest absolute Gasteiger partial charge is 0.312 e. The molecule has 0 saturated carbocycles. The van der Waals surface area contributed by atoms with Crippen molar-refractivity contribution in [2.45, 2.75) is 6.54 Å². The molecular weight excluding hydrogens is 378 g/mol. The number of ether oxygens (including phenoxy) is 1. The maximum Gasteiger partial charge on any atom is 0.312 e. The third-order valence-electron chi connectivity index (χ3n) is 3.61. The average Bonchev–Trinajstić information content (AvgIpc) is 3.02. The van der Waals surface area contributed by atoms with E-state index in [9.17, 15) is 14.9 Å². The number of nitro groups is 1. The van der Waals surface area contributed by atoms with E-state index in [2.05, 4.69) is 4.98 Å². The van der Waals surface area contributed by atoms with Crippen LogP contribution in [0.3, 0.4) is 0 Å². The predicted molar refractivity (Wildman–Crippen MR) is 99.7 cm³/mol. The summed E-state index contributed by atoms with van der Waals surface area (Å²) >= 11 is 7.27. The molecule has 0 unspecified atom stereocenters. The Hall–Kier alpha value is -2.71. The number of rotatable bonds is 6. The number of nitrogens with zero attached hydrogens (tertiary/aromatic N) is 3. The minimum Gasteiger partial charge on any atom is -0.477 e. The number of hydrogen-bond acceptors (Lipinski definition) is 6. The summed E-state index contributed by atoms with van der Waals surface area (Å²) < 4.78 is 6.38. The molecule has 0 radical (unpaired) electrons. The highest BCUT2D eigenvalue weighted by atomic mass is 35.5. The third kappa shape index (κ3) is 4.09. The van der Waals surface area contributed by atoms with Crippen LogP contribution >= 0.6 is 22.9 Å². The number of hydrogen-bond donors (Lipinski definition) is 0. The van der Waals surface area contributed by atoms with E-state index in [1.165, 1.54) is 34.4 Å². The first kappa shape index (κ1) is 18.1. The zero-order valence-corrected chi connectivity index (χ0v) is 15.3. The van der Waals surface area contributed by atoms with Crippen LogP contribution in [0.5, 0.6) is 5.75 Å². The highest BCUT2D eigenvalue weighted by Gasteiger charge is 2.18. The lowest BCUT2D eigenvalue weighted by molar-refractivity contribution is -0.385. The van der Waals surface area contributed by atoms with E-state index in [1.54, 1.807) is 7.05 Å². The number of carbonyl (C=O) groups is 1. The summed E-state index contributed by atoms with van der Waals surface area (Å²) in [5, 5.41) is 12.1. The largest absolute Gasteiger partial charge is 0.477 e. The SMILES string of the molecule is CN(Cc1nc2ccccc2s1)C(=O)COc1ccc(Cl)cc1[N+](=O)[O-]. The first-order valence-corrected chi connectivity index (χ1v) is 8.78. The molecule has 0 atom stereocenters. The van der Waals surface area contributed by atoms with Crippen molar-refractivity contribution < 1.29 is 14.5 Å². The maximum absolute atomic E-state index is 12.3. The molecule has 26 heavy (non-hydrogen) atoms. The zero-order valence-electron chi connectivity index (χ0n) is 13.7. The third-order valence-corrected chi connectivity index (χ3v) is 4.86. The molecule has 0 N–H and O–H groups in total. The first-order chi connectivity index (χ1) is 12.4. The van der Waals surface area contributed by atoms with Crippen molar-refractivity contribution in [2.75, 3.05) is 13.7 Å². The Labute approximate surface area is 157 Å². The minimum absolute atomic E-state index is 0.00105. The van der Waals surface area contributed by atoms with Gasteiger partial charge in [0, 0.05) is 18.1 Å². The number of likely N-dealkylation sites (N-methyl/N-ethyl adjacent to an activating group) is 1. The number of para-hydroxylation sites is 1. The molecular formula is C17H14ClN3O4S. The van der Waals surface area contributed by atoms with Crippen LogP contribution in [-0.4, -0.2) is 34.4 Å². The molecule has 0 saturated heterocycles. The van der Waals surface area contributed by atoms with Gasteiger partial charge in [0.1, 0.15) is 5.01 Å². The molecule has 3 rings (SSSR count). The van der Waals surface area contributed by atoms with E-state index in [0.29, 0.717) is 6.54 Å². The fourth-order valence-electron chi connectivity index (χ4n) is 2.28. The van der Waals surface area contributed by atoms with Gasteiger partial charge in [0.05, 0.1) is 21.7 Å². The van der Waals surface area contributed by atoms with Gasteiger partial charge >= 0.3 is 5.69 Å². The lowest BCUT2D eigenvalue weighted by Gasteiger charge is -2.16. The standard InChI is InChI=1S/C17H14ClN3O4S/c1-20(9-16-19-12-4-2-3-5-15(12)26-16)17(22)10-25-14-7-6-11(18)8-13(14)21(23)24/h2-8H,9-10H2,1H3. The molecule has 0 bridgehead atoms. The van der Waals surface area contributed by atoms with E-state index in [1.807, 2.05) is 24.3 Å². The Balaban J connectivity index is 1.63. The van der Waals surface area contributed by atoms with Crippen LogP contribution in [0.2, 0.25) is 5.02 Å². The molecule has 7 nitrogen and oxygen atoms in total. The van der Waals surface area contributed by atoms with Crippen LogP contribution in [0.1, 0.15) is 5.01 Å². The van der Waals surface area contributed by atoms with Gasteiger partial charge in [-0.25, -0.2) is 4.98 Å². The Morgan fingerprint density at radius 1 is 1.35 bits per heavy atom. The van der Waals surface area contributed by atoms with Crippen LogP contribution in [0.15, 0.2) is 42.5 Å². The number of benzene rings is 2. The van der Waals surface area contributed by atoms with Gasteiger partial charge in [-0.1, -0.05) is 23.7 Å². The molecule has 0 aliphatic rings. The summed E-state index contributed by atoms with van der Waals surface area (Å²) in [5.74, 6) is -0.311. The van der Waals surface area contributed by atoms with Crippen molar-refractivity contribution in [1.82, 2.24) is 9.88 Å². The maximum atomic E-state index is 12.3. The van der Waals surface area contributed by atoms with Crippen molar-refractivity contribution >= 4 is 44.7 Å². The van der Waals surface area contributed by atoms with Gasteiger partial charge in [-0.2, -0.15) is 0 Å². The van der Waals surface area contributed by atoms with Crippen LogP contribution in [0, 0.1) is 10.1 Å². The molecule has 134 valence electrons. The Kier molecular flexibility index (Phi) is 5.34. The van der Waals surface area contributed by atoms with Gasteiger partial charge in [-0.3, -0.25) is 14.9 Å². The predicted octanol–water partition coefficient (Wildman–Crippen LogP) is 3.90. The average molecular weight is 392 g/mol. The molecule has 1 amide bonds. The van der Waals surface area contributed by atoms with Crippen LogP contribution < -0.4 is 4.74 Å². The van der Waals surface area contributed by atoms with Crippen LogP contribution in [0.25, 0.3) is 10.2 Å². The molecule has 0 spiro atoms. The number of aromatic nitrogens is 1. The van der Waals surface area contributed by atoms with Crippen molar-refractivity contribution in [3.8, 4) is 5.75 Å². The quantitative estimate of drug-likeness (QED) is 0.470. The lowest BCUT2D eigenvalue weighted by Crippen LogP contribution is -2.31. The van der Waals surface area contributed by atoms with Crippen molar-refractivity contribution in [3.05, 3.63) is 62.6 Å². The van der Waals surface area contributed by atoms with E-state index in [4.69, 9.17) is 16.3 Å². The van der Waals surface area contributed by atoms with E-state index >= 15 is 0 Å². The molecule has 0 aliphatic heterocycles. The van der Waals surface area contributed by atoms with Gasteiger partial charge < -0.3 is 9.64 Å².